The zero-order valence-electron chi connectivity index (χ0n) is 20.0. The van der Waals surface area contributed by atoms with Gasteiger partial charge in [0, 0.05) is 17.1 Å². The Morgan fingerprint density at radius 1 is 0.821 bits per heavy atom. The number of pyridine rings is 1. The Kier molecular flexibility index (Phi) is 6.91. The van der Waals surface area contributed by atoms with Crippen molar-refractivity contribution in [1.82, 2.24) is 14.7 Å². The number of halogens is 3. The number of aromatic nitrogens is 2. The highest BCUT2D eigenvalue weighted by atomic mass is 35.5. The molecule has 0 unspecified atom stereocenters. The normalized spacial score (nSPS) is 10.9. The molecule has 0 fully saturated rings. The zero-order valence-corrected chi connectivity index (χ0v) is 20.7. The van der Waals surface area contributed by atoms with E-state index in [-0.39, 0.29) is 29.1 Å². The fraction of sp³-hybridized carbons (Fsp3) is 0.0345. The standard InChI is InChI=1S/C29H18ClF2N3O4/c30-21-8-5-17(6-9-21)27(36)25-15-33-26-13-20(19-7-10-22(31)23(32)11-19)12-24(35(25)26)28(37)34-14-16-1-3-18(4-2-16)29(38)39/h1-13,15H,14H2,(H,34,37)(H,38,39). The quantitative estimate of drug-likeness (QED) is 0.252. The van der Waals surface area contributed by atoms with Gasteiger partial charge in [-0.3, -0.25) is 14.0 Å². The number of carbonyl (C=O) groups is 3. The maximum Gasteiger partial charge on any atom is 0.335 e. The molecule has 2 N–H and O–H groups in total. The van der Waals surface area contributed by atoms with E-state index in [1.54, 1.807) is 42.5 Å². The Morgan fingerprint density at radius 3 is 2.18 bits per heavy atom. The molecule has 5 aromatic rings. The van der Waals surface area contributed by atoms with Gasteiger partial charge in [0.1, 0.15) is 17.0 Å². The van der Waals surface area contributed by atoms with Gasteiger partial charge in [-0.1, -0.05) is 29.8 Å². The Morgan fingerprint density at radius 2 is 1.51 bits per heavy atom. The number of ketones is 1. The van der Waals surface area contributed by atoms with Crippen molar-refractivity contribution in [2.24, 2.45) is 0 Å². The summed E-state index contributed by atoms with van der Waals surface area (Å²) in [5, 5.41) is 12.3. The number of nitrogens with one attached hydrogen (secondary N) is 1. The lowest BCUT2D eigenvalue weighted by molar-refractivity contribution is 0.0696. The first-order chi connectivity index (χ1) is 18.7. The van der Waals surface area contributed by atoms with Crippen molar-refractivity contribution < 1.29 is 28.3 Å². The second-order valence-corrected chi connectivity index (χ2v) is 9.05. The van der Waals surface area contributed by atoms with Crippen molar-refractivity contribution >= 4 is 34.9 Å². The number of carboxylic acid groups (broad SMARTS) is 1. The van der Waals surface area contributed by atoms with Crippen LogP contribution in [0, 0.1) is 11.6 Å². The maximum atomic E-state index is 14.0. The van der Waals surface area contributed by atoms with Gasteiger partial charge in [-0.15, -0.1) is 0 Å². The van der Waals surface area contributed by atoms with Crippen LogP contribution < -0.4 is 5.32 Å². The molecule has 7 nitrogen and oxygen atoms in total. The summed E-state index contributed by atoms with van der Waals surface area (Å²) in [6.45, 7) is 0.0603. The lowest BCUT2D eigenvalue weighted by Crippen LogP contribution is -2.26. The van der Waals surface area contributed by atoms with Gasteiger partial charge in [-0.2, -0.15) is 0 Å². The molecule has 0 saturated heterocycles. The largest absolute Gasteiger partial charge is 0.478 e. The lowest BCUT2D eigenvalue weighted by Gasteiger charge is -2.13. The van der Waals surface area contributed by atoms with Crippen LogP contribution in [-0.4, -0.2) is 32.2 Å². The van der Waals surface area contributed by atoms with Crippen molar-refractivity contribution in [3.05, 3.63) is 130 Å². The number of benzene rings is 3. The predicted octanol–water partition coefficient (Wildman–Crippen LogP) is 5.79. The van der Waals surface area contributed by atoms with Crippen LogP contribution in [0.4, 0.5) is 8.78 Å². The molecule has 0 aliphatic heterocycles. The van der Waals surface area contributed by atoms with Crippen LogP contribution in [0.5, 0.6) is 0 Å². The summed E-state index contributed by atoms with van der Waals surface area (Å²) in [7, 11) is 0. The van der Waals surface area contributed by atoms with E-state index in [1.807, 2.05) is 0 Å². The molecule has 0 bridgehead atoms. The van der Waals surface area contributed by atoms with Gasteiger partial charge in [0.2, 0.25) is 5.78 Å². The molecule has 2 aromatic heterocycles. The molecule has 0 aliphatic carbocycles. The van der Waals surface area contributed by atoms with E-state index in [0.717, 1.165) is 12.1 Å². The molecular weight excluding hydrogens is 528 g/mol. The van der Waals surface area contributed by atoms with Crippen LogP contribution in [0.1, 0.15) is 42.5 Å². The van der Waals surface area contributed by atoms with Gasteiger partial charge in [0.15, 0.2) is 11.6 Å². The molecule has 0 atom stereocenters. The first kappa shape index (κ1) is 25.7. The van der Waals surface area contributed by atoms with Crippen LogP contribution in [0.25, 0.3) is 16.8 Å². The van der Waals surface area contributed by atoms with E-state index < -0.39 is 29.3 Å². The van der Waals surface area contributed by atoms with Crippen LogP contribution in [0.2, 0.25) is 5.02 Å². The van der Waals surface area contributed by atoms with E-state index in [2.05, 4.69) is 10.3 Å². The summed E-state index contributed by atoms with van der Waals surface area (Å²) in [6.07, 6.45) is 1.34. The summed E-state index contributed by atoms with van der Waals surface area (Å²) in [6, 6.07) is 18.6. The number of imidazole rings is 1. The Labute approximate surface area is 225 Å². The molecule has 0 spiro atoms. The van der Waals surface area contributed by atoms with Crippen molar-refractivity contribution in [1.29, 1.82) is 0 Å². The first-order valence-corrected chi connectivity index (χ1v) is 12.0. The average molecular weight is 546 g/mol. The van der Waals surface area contributed by atoms with Crippen LogP contribution in [0.15, 0.2) is 85.1 Å². The average Bonchev–Trinajstić information content (AvgIpc) is 3.37. The van der Waals surface area contributed by atoms with E-state index >= 15 is 0 Å². The van der Waals surface area contributed by atoms with Crippen LogP contribution in [-0.2, 0) is 6.54 Å². The van der Waals surface area contributed by atoms with Gasteiger partial charge >= 0.3 is 5.97 Å². The molecule has 0 saturated carbocycles. The lowest BCUT2D eigenvalue weighted by atomic mass is 10.0. The van der Waals surface area contributed by atoms with Crippen molar-refractivity contribution in [3.63, 3.8) is 0 Å². The third kappa shape index (κ3) is 5.25. The van der Waals surface area contributed by atoms with Gasteiger partial charge in [-0.05, 0) is 77.4 Å². The minimum atomic E-state index is -1.07. The summed E-state index contributed by atoms with van der Waals surface area (Å²) in [5.74, 6) is -4.11. The Bertz CT molecular complexity index is 1750. The summed E-state index contributed by atoms with van der Waals surface area (Å²) in [4.78, 5) is 42.2. The number of hydrogen-bond donors (Lipinski definition) is 2. The third-order valence-corrected chi connectivity index (χ3v) is 6.34. The molecule has 0 radical (unpaired) electrons. The molecule has 1 amide bonds. The summed E-state index contributed by atoms with van der Waals surface area (Å²) in [5.41, 5.74) is 2.15. The number of fused-ring (bicyclic) bond motifs is 1. The smallest absolute Gasteiger partial charge is 0.335 e. The molecular formula is C29H18ClF2N3O4. The van der Waals surface area contributed by atoms with E-state index in [1.165, 1.54) is 34.9 Å². The minimum absolute atomic E-state index is 0.0317. The molecule has 3 aromatic carbocycles. The first-order valence-electron chi connectivity index (χ1n) is 11.6. The number of amides is 1. The van der Waals surface area contributed by atoms with E-state index in [9.17, 15) is 23.2 Å². The summed E-state index contributed by atoms with van der Waals surface area (Å²) >= 11 is 5.95. The fourth-order valence-electron chi connectivity index (χ4n) is 4.07. The predicted molar refractivity (Wildman–Crippen MR) is 140 cm³/mol. The monoisotopic (exact) mass is 545 g/mol. The highest BCUT2D eigenvalue weighted by molar-refractivity contribution is 6.30. The number of hydrogen-bond acceptors (Lipinski definition) is 4. The molecule has 0 aliphatic rings. The summed E-state index contributed by atoms with van der Waals surface area (Å²) < 4.78 is 28.9. The topological polar surface area (TPSA) is 101 Å². The fourth-order valence-corrected chi connectivity index (χ4v) is 4.20. The van der Waals surface area contributed by atoms with E-state index in [4.69, 9.17) is 16.7 Å². The van der Waals surface area contributed by atoms with Gasteiger partial charge in [0.25, 0.3) is 5.91 Å². The number of rotatable bonds is 7. The number of aromatic carboxylic acids is 1. The Hall–Kier alpha value is -4.89. The van der Waals surface area contributed by atoms with Crippen molar-refractivity contribution in [3.8, 4) is 11.1 Å². The number of nitrogens with zero attached hydrogens (tertiary/aromatic N) is 2. The molecule has 10 heteroatoms. The highest BCUT2D eigenvalue weighted by Gasteiger charge is 2.21. The molecule has 194 valence electrons. The highest BCUT2D eigenvalue weighted by Crippen LogP contribution is 2.26. The zero-order chi connectivity index (χ0) is 27.7. The van der Waals surface area contributed by atoms with Gasteiger partial charge < -0.3 is 10.4 Å². The van der Waals surface area contributed by atoms with Crippen molar-refractivity contribution in [2.45, 2.75) is 6.54 Å². The second-order valence-electron chi connectivity index (χ2n) is 8.62. The SMILES string of the molecule is O=C(O)c1ccc(CNC(=O)c2cc(-c3ccc(F)c(F)c3)cc3ncc(C(=O)c4ccc(Cl)cc4)n23)cc1. The van der Waals surface area contributed by atoms with Crippen LogP contribution >= 0.6 is 11.6 Å². The van der Waals surface area contributed by atoms with Gasteiger partial charge in [-0.25, -0.2) is 18.6 Å². The number of carbonyl (C=O) groups excluding carboxylic acids is 2. The number of carboxylic acids is 1. The maximum absolute atomic E-state index is 14.0. The van der Waals surface area contributed by atoms with Crippen LogP contribution in [0.3, 0.4) is 0 Å². The Balaban J connectivity index is 1.57. The molecule has 39 heavy (non-hydrogen) atoms. The van der Waals surface area contributed by atoms with Crippen molar-refractivity contribution in [2.75, 3.05) is 0 Å². The molecule has 2 heterocycles. The van der Waals surface area contributed by atoms with Gasteiger partial charge in [0.05, 0.1) is 11.8 Å². The minimum Gasteiger partial charge on any atom is -0.478 e. The van der Waals surface area contributed by atoms with E-state index in [0.29, 0.717) is 27.3 Å². The molecule has 5 rings (SSSR count). The third-order valence-electron chi connectivity index (χ3n) is 6.09. The second kappa shape index (κ2) is 10.5.